The highest BCUT2D eigenvalue weighted by atomic mass is 31.2. The Hall–Kier alpha value is -2.29. The normalized spacial score (nSPS) is 14.1. The molecule has 0 aromatic heterocycles. The number of carbonyl (C=O) groups excluding carboxylic acids is 2. The zero-order valence-electron chi connectivity index (χ0n) is 37.7. The molecule has 10 heteroatoms. The van der Waals surface area contributed by atoms with Crippen LogP contribution in [0.1, 0.15) is 181 Å². The molecule has 0 aromatic rings. The van der Waals surface area contributed by atoms with Crippen LogP contribution < -0.4 is 4.89 Å². The third-order valence-corrected chi connectivity index (χ3v) is 10.5. The first-order chi connectivity index (χ1) is 28.0. The molecule has 0 heterocycles. The lowest BCUT2D eigenvalue weighted by molar-refractivity contribution is -0.870. The number of hydrogen-bond acceptors (Lipinski definition) is 8. The molecule has 0 aliphatic rings. The van der Waals surface area contributed by atoms with Gasteiger partial charge in [-0.1, -0.05) is 152 Å². The number of quaternary nitrogens is 1. The fourth-order valence-corrected chi connectivity index (χ4v) is 6.60. The lowest BCUT2D eigenvalue weighted by atomic mass is 10.1. The summed E-state index contributed by atoms with van der Waals surface area (Å²) in [6, 6.07) is 0. The first-order valence-corrected chi connectivity index (χ1v) is 24.5. The zero-order chi connectivity index (χ0) is 42.8. The van der Waals surface area contributed by atoms with Crippen LogP contribution in [0, 0.1) is 0 Å². The lowest BCUT2D eigenvalue weighted by Crippen LogP contribution is -2.37. The van der Waals surface area contributed by atoms with Gasteiger partial charge in [-0.15, -0.1) is 0 Å². The second-order valence-corrected chi connectivity index (χ2v) is 17.8. The topological polar surface area (TPSA) is 111 Å². The second-order valence-electron chi connectivity index (χ2n) is 16.4. The van der Waals surface area contributed by atoms with Crippen molar-refractivity contribution in [3.63, 3.8) is 0 Å². The van der Waals surface area contributed by atoms with Gasteiger partial charge in [0.05, 0.1) is 27.7 Å². The summed E-state index contributed by atoms with van der Waals surface area (Å²) in [5.41, 5.74) is 0. The van der Waals surface area contributed by atoms with E-state index < -0.39 is 32.5 Å². The molecule has 0 aliphatic carbocycles. The summed E-state index contributed by atoms with van der Waals surface area (Å²) >= 11 is 0. The third-order valence-electron chi connectivity index (χ3n) is 9.51. The summed E-state index contributed by atoms with van der Waals surface area (Å²) in [5, 5.41) is 0. The van der Waals surface area contributed by atoms with Crippen molar-refractivity contribution in [1.29, 1.82) is 0 Å². The molecular formula is C48H86NO8P. The average molecular weight is 836 g/mol. The van der Waals surface area contributed by atoms with Gasteiger partial charge in [0.25, 0.3) is 7.82 Å². The highest BCUT2D eigenvalue weighted by molar-refractivity contribution is 7.45. The molecule has 0 bridgehead atoms. The smallest absolute Gasteiger partial charge is 0.306 e. The first kappa shape index (κ1) is 55.7. The summed E-state index contributed by atoms with van der Waals surface area (Å²) in [5.74, 6) is -0.915. The maximum atomic E-state index is 12.7. The predicted molar refractivity (Wildman–Crippen MR) is 240 cm³/mol. The quantitative estimate of drug-likeness (QED) is 0.0197. The summed E-state index contributed by atoms with van der Waals surface area (Å²) in [4.78, 5) is 37.5. The van der Waals surface area contributed by atoms with Crippen LogP contribution in [0.4, 0.5) is 0 Å². The highest BCUT2D eigenvalue weighted by Gasteiger charge is 2.21. The van der Waals surface area contributed by atoms with E-state index in [4.69, 9.17) is 18.5 Å². The van der Waals surface area contributed by atoms with Crippen molar-refractivity contribution in [3.8, 4) is 0 Å². The number of nitrogens with zero attached hydrogens (tertiary/aromatic N) is 1. The molecule has 9 nitrogen and oxygen atoms in total. The van der Waals surface area contributed by atoms with E-state index in [0.717, 1.165) is 57.8 Å². The van der Waals surface area contributed by atoms with Crippen molar-refractivity contribution in [1.82, 2.24) is 0 Å². The molecule has 0 rings (SSSR count). The van der Waals surface area contributed by atoms with Gasteiger partial charge in [0.1, 0.15) is 19.8 Å². The van der Waals surface area contributed by atoms with E-state index in [1.165, 1.54) is 83.5 Å². The fraction of sp³-hybridized carbons (Fsp3) is 0.750. The van der Waals surface area contributed by atoms with Gasteiger partial charge in [-0.3, -0.25) is 14.2 Å². The van der Waals surface area contributed by atoms with Crippen LogP contribution in [-0.2, 0) is 32.7 Å². The molecule has 0 aromatic carbocycles. The van der Waals surface area contributed by atoms with E-state index in [1.807, 2.05) is 21.1 Å². The number of likely N-dealkylation sites (N-methyl/N-ethyl adjacent to an activating group) is 1. The molecule has 0 saturated heterocycles. The largest absolute Gasteiger partial charge is 0.756 e. The molecule has 0 amide bonds. The molecule has 0 spiro atoms. The predicted octanol–water partition coefficient (Wildman–Crippen LogP) is 12.6. The molecule has 0 saturated carbocycles. The number of esters is 2. The minimum atomic E-state index is -4.64. The minimum Gasteiger partial charge on any atom is -0.756 e. The summed E-state index contributed by atoms with van der Waals surface area (Å²) in [6.45, 7) is 4.12. The van der Waals surface area contributed by atoms with Crippen molar-refractivity contribution >= 4 is 19.8 Å². The maximum absolute atomic E-state index is 12.7. The number of phosphoric ester groups is 1. The molecule has 0 aliphatic heterocycles. The second kappa shape index (κ2) is 40.1. The van der Waals surface area contributed by atoms with Gasteiger partial charge >= 0.3 is 11.9 Å². The summed E-state index contributed by atoms with van der Waals surface area (Å²) < 4.78 is 33.8. The molecule has 336 valence electrons. The van der Waals surface area contributed by atoms with Gasteiger partial charge in [-0.05, 0) is 77.0 Å². The van der Waals surface area contributed by atoms with Gasteiger partial charge < -0.3 is 27.9 Å². The number of phosphoric acid groups is 1. The van der Waals surface area contributed by atoms with E-state index in [2.05, 4.69) is 74.6 Å². The molecular weight excluding hydrogens is 750 g/mol. The van der Waals surface area contributed by atoms with Gasteiger partial charge in [0.15, 0.2) is 6.10 Å². The van der Waals surface area contributed by atoms with Crippen molar-refractivity contribution in [3.05, 3.63) is 60.8 Å². The Balaban J connectivity index is 4.45. The number of allylic oxidation sites excluding steroid dienone is 10. The summed E-state index contributed by atoms with van der Waals surface area (Å²) in [6.07, 6.45) is 48.3. The number of unbranched alkanes of at least 4 members (excludes halogenated alkanes) is 17. The number of rotatable bonds is 41. The molecule has 58 heavy (non-hydrogen) atoms. The van der Waals surface area contributed by atoms with Crippen LogP contribution in [0.25, 0.3) is 0 Å². The average Bonchev–Trinajstić information content (AvgIpc) is 3.17. The third kappa shape index (κ3) is 43.3. The Morgan fingerprint density at radius 1 is 0.534 bits per heavy atom. The summed E-state index contributed by atoms with van der Waals surface area (Å²) in [7, 11) is 1.12. The van der Waals surface area contributed by atoms with Crippen molar-refractivity contribution in [2.24, 2.45) is 0 Å². The van der Waals surface area contributed by atoms with Crippen LogP contribution >= 0.6 is 7.82 Å². The van der Waals surface area contributed by atoms with Crippen LogP contribution in [-0.4, -0.2) is 70.0 Å². The maximum Gasteiger partial charge on any atom is 0.306 e. The van der Waals surface area contributed by atoms with Crippen molar-refractivity contribution in [2.75, 3.05) is 47.5 Å². The molecule has 0 N–H and O–H groups in total. The molecule has 0 radical (unpaired) electrons. The monoisotopic (exact) mass is 836 g/mol. The van der Waals surface area contributed by atoms with Gasteiger partial charge in [0.2, 0.25) is 0 Å². The Morgan fingerprint density at radius 2 is 0.948 bits per heavy atom. The van der Waals surface area contributed by atoms with Crippen LogP contribution in [0.15, 0.2) is 60.8 Å². The SMILES string of the molecule is CCCCC/C=C/C/C=C/C/C=C/CCCCCCC(=O)O[C@H](COC(=O)CCC/C=C/C/C=C/CCCCCCCCCCC)COP(=O)([O-])OCC[N+](C)(C)C. The Bertz CT molecular complexity index is 1170. The van der Waals surface area contributed by atoms with Gasteiger partial charge in [0, 0.05) is 12.8 Å². The first-order valence-electron chi connectivity index (χ1n) is 23.0. The number of ether oxygens (including phenoxy) is 2. The van der Waals surface area contributed by atoms with Crippen molar-refractivity contribution < 1.29 is 42.1 Å². The van der Waals surface area contributed by atoms with Crippen LogP contribution in [0.2, 0.25) is 0 Å². The number of carbonyl (C=O) groups is 2. The van der Waals surface area contributed by atoms with Crippen molar-refractivity contribution in [2.45, 2.75) is 187 Å². The van der Waals surface area contributed by atoms with Gasteiger partial charge in [-0.2, -0.15) is 0 Å². The molecule has 2 atom stereocenters. The van der Waals surface area contributed by atoms with Crippen LogP contribution in [0.5, 0.6) is 0 Å². The van der Waals surface area contributed by atoms with E-state index in [9.17, 15) is 19.0 Å². The van der Waals surface area contributed by atoms with E-state index in [1.54, 1.807) is 0 Å². The fourth-order valence-electron chi connectivity index (χ4n) is 5.88. The molecule has 0 fully saturated rings. The van der Waals surface area contributed by atoms with Crippen LogP contribution in [0.3, 0.4) is 0 Å². The van der Waals surface area contributed by atoms with Gasteiger partial charge in [-0.25, -0.2) is 0 Å². The van der Waals surface area contributed by atoms with E-state index in [-0.39, 0.29) is 26.1 Å². The highest BCUT2D eigenvalue weighted by Crippen LogP contribution is 2.38. The lowest BCUT2D eigenvalue weighted by Gasteiger charge is -2.28. The Kier molecular flexibility index (Phi) is 38.5. The zero-order valence-corrected chi connectivity index (χ0v) is 38.6. The Labute approximate surface area is 356 Å². The van der Waals surface area contributed by atoms with E-state index in [0.29, 0.717) is 23.9 Å². The Morgan fingerprint density at radius 3 is 1.47 bits per heavy atom. The standard InChI is InChI=1S/C48H86NO8P/c1-6-8-10-12-14-16-18-20-22-24-26-28-30-32-34-36-38-40-47(50)54-44-46(45-56-58(52,53)55-43-42-49(3,4)5)57-48(51)41-39-37-35-33-31-29-27-25-23-21-19-17-15-13-11-9-7-2/h15,17,21,23,26-29,32,34,46H,6-14,16,18-20,22,24-25,30-31,33,35-45H2,1-5H3/b17-15+,23-21+,28-26+,29-27+,34-32+/t46-/m1/s1. The minimum absolute atomic E-state index is 0.0439. The number of hydrogen-bond donors (Lipinski definition) is 0. The van der Waals surface area contributed by atoms with E-state index >= 15 is 0 Å². The molecule has 1 unspecified atom stereocenters.